The van der Waals surface area contributed by atoms with E-state index in [0.717, 1.165) is 0 Å². The van der Waals surface area contributed by atoms with Gasteiger partial charge in [-0.2, -0.15) is 0 Å². The van der Waals surface area contributed by atoms with Crippen LogP contribution < -0.4 is 10.6 Å². The van der Waals surface area contributed by atoms with Gasteiger partial charge in [-0.15, -0.1) is 0 Å². The van der Waals surface area contributed by atoms with Crippen molar-refractivity contribution in [2.45, 2.75) is 19.4 Å². The second kappa shape index (κ2) is 8.95. The van der Waals surface area contributed by atoms with Crippen LogP contribution in [0.25, 0.3) is 0 Å². The van der Waals surface area contributed by atoms with Crippen LogP contribution in [0.1, 0.15) is 24.4 Å². The number of furan rings is 1. The van der Waals surface area contributed by atoms with Crippen LogP contribution in [0.3, 0.4) is 0 Å². The van der Waals surface area contributed by atoms with E-state index in [2.05, 4.69) is 15.6 Å². The van der Waals surface area contributed by atoms with Crippen LogP contribution in [0.5, 0.6) is 0 Å². The van der Waals surface area contributed by atoms with Crippen LogP contribution in [0.2, 0.25) is 0 Å². The van der Waals surface area contributed by atoms with Crippen molar-refractivity contribution in [1.82, 2.24) is 10.6 Å². The fourth-order valence-electron chi connectivity index (χ4n) is 2.11. The molecule has 1 unspecified atom stereocenters. The normalized spacial score (nSPS) is 12.9. The smallest absolute Gasteiger partial charge is 0.191 e. The van der Waals surface area contributed by atoms with Gasteiger partial charge in [-0.25, -0.2) is 4.39 Å². The number of aliphatic hydroxyl groups excluding tert-OH is 1. The van der Waals surface area contributed by atoms with Crippen molar-refractivity contribution < 1.29 is 13.9 Å². The van der Waals surface area contributed by atoms with Crippen LogP contribution in [0, 0.1) is 5.82 Å². The minimum absolute atomic E-state index is 0.183. The van der Waals surface area contributed by atoms with Gasteiger partial charge >= 0.3 is 0 Å². The van der Waals surface area contributed by atoms with E-state index in [1.165, 1.54) is 12.3 Å². The lowest BCUT2D eigenvalue weighted by Gasteiger charge is -2.12. The Morgan fingerprint density at radius 2 is 2.09 bits per heavy atom. The van der Waals surface area contributed by atoms with Crippen LogP contribution in [-0.2, 0) is 6.42 Å². The lowest BCUT2D eigenvalue weighted by molar-refractivity contribution is 0.158. The Hall–Kier alpha value is -2.34. The average Bonchev–Trinajstić information content (AvgIpc) is 3.08. The number of aliphatic imine (C=N–C) groups is 1. The van der Waals surface area contributed by atoms with Crippen LogP contribution in [0.4, 0.5) is 4.39 Å². The number of aliphatic hydroxyl groups is 1. The summed E-state index contributed by atoms with van der Waals surface area (Å²) in [5.41, 5.74) is 0.659. The van der Waals surface area contributed by atoms with E-state index in [0.29, 0.717) is 36.8 Å². The van der Waals surface area contributed by atoms with Crippen molar-refractivity contribution >= 4 is 5.96 Å². The molecule has 1 aromatic heterocycles. The number of nitrogens with zero attached hydrogens (tertiary/aromatic N) is 1. The van der Waals surface area contributed by atoms with Gasteiger partial charge in [0.1, 0.15) is 17.7 Å². The number of guanidine groups is 1. The zero-order valence-electron chi connectivity index (χ0n) is 13.1. The first-order valence-corrected chi connectivity index (χ1v) is 7.67. The maximum atomic E-state index is 13.6. The molecule has 0 spiro atoms. The molecule has 1 atom stereocenters. The maximum Gasteiger partial charge on any atom is 0.191 e. The molecule has 0 aliphatic rings. The summed E-state index contributed by atoms with van der Waals surface area (Å²) in [6.07, 6.45) is 1.28. The van der Waals surface area contributed by atoms with E-state index < -0.39 is 6.10 Å². The van der Waals surface area contributed by atoms with Crippen molar-refractivity contribution in [3.8, 4) is 0 Å². The molecule has 3 N–H and O–H groups in total. The number of nitrogens with one attached hydrogen (secondary N) is 2. The van der Waals surface area contributed by atoms with Gasteiger partial charge in [0.05, 0.1) is 12.8 Å². The summed E-state index contributed by atoms with van der Waals surface area (Å²) >= 11 is 0. The standard InChI is InChI=1S/C17H22FN3O2/c1-2-19-17(21-12-15(22)16-8-5-11-23-16)20-10-9-13-6-3-4-7-14(13)18/h3-8,11,15,22H,2,9-10,12H2,1H3,(H2,19,20,21). The summed E-state index contributed by atoms with van der Waals surface area (Å²) in [5, 5.41) is 16.2. The third-order valence-electron chi connectivity index (χ3n) is 3.28. The number of hydrogen-bond acceptors (Lipinski definition) is 3. The van der Waals surface area contributed by atoms with Crippen LogP contribution >= 0.6 is 0 Å². The molecule has 124 valence electrons. The molecule has 2 rings (SSSR count). The van der Waals surface area contributed by atoms with Gasteiger partial charge < -0.3 is 20.2 Å². The summed E-state index contributed by atoms with van der Waals surface area (Å²) in [5.74, 6) is 0.856. The van der Waals surface area contributed by atoms with Gasteiger partial charge in [-0.3, -0.25) is 4.99 Å². The third-order valence-corrected chi connectivity index (χ3v) is 3.28. The zero-order valence-corrected chi connectivity index (χ0v) is 13.1. The van der Waals surface area contributed by atoms with Crippen molar-refractivity contribution in [3.05, 3.63) is 59.8 Å². The first kappa shape index (κ1) is 17.0. The van der Waals surface area contributed by atoms with Crippen LogP contribution in [0.15, 0.2) is 52.1 Å². The van der Waals surface area contributed by atoms with Gasteiger partial charge in [0.2, 0.25) is 0 Å². The monoisotopic (exact) mass is 319 g/mol. The highest BCUT2D eigenvalue weighted by atomic mass is 19.1. The fourth-order valence-corrected chi connectivity index (χ4v) is 2.11. The van der Waals surface area contributed by atoms with Crippen molar-refractivity contribution in [2.75, 3.05) is 19.6 Å². The highest BCUT2D eigenvalue weighted by Gasteiger charge is 2.10. The molecule has 2 aromatic rings. The molecule has 0 aliphatic carbocycles. The Morgan fingerprint density at radius 3 is 2.78 bits per heavy atom. The van der Waals surface area contributed by atoms with Crippen molar-refractivity contribution in [1.29, 1.82) is 0 Å². The Morgan fingerprint density at radius 1 is 1.26 bits per heavy atom. The summed E-state index contributed by atoms with van der Waals surface area (Å²) in [6.45, 7) is 3.38. The molecule has 0 amide bonds. The molecule has 5 nitrogen and oxygen atoms in total. The number of hydrogen-bond donors (Lipinski definition) is 3. The van der Waals surface area contributed by atoms with Crippen molar-refractivity contribution in [3.63, 3.8) is 0 Å². The van der Waals surface area contributed by atoms with Crippen molar-refractivity contribution in [2.24, 2.45) is 4.99 Å². The Bertz CT molecular complexity index is 614. The number of halogens is 1. The predicted octanol–water partition coefficient (Wildman–Crippen LogP) is 2.25. The summed E-state index contributed by atoms with van der Waals surface area (Å²) < 4.78 is 18.7. The van der Waals surface area contributed by atoms with Gasteiger partial charge in [0, 0.05) is 13.1 Å². The number of rotatable bonds is 7. The third kappa shape index (κ3) is 5.41. The molecule has 0 aliphatic heterocycles. The topological polar surface area (TPSA) is 69.8 Å². The Kier molecular flexibility index (Phi) is 6.62. The summed E-state index contributed by atoms with van der Waals surface area (Å²) in [7, 11) is 0. The second-order valence-corrected chi connectivity index (χ2v) is 5.02. The predicted molar refractivity (Wildman–Crippen MR) is 87.8 cm³/mol. The second-order valence-electron chi connectivity index (χ2n) is 5.02. The molecule has 0 bridgehead atoms. The van der Waals surface area contributed by atoms with E-state index >= 15 is 0 Å². The number of benzene rings is 1. The fraction of sp³-hybridized carbons (Fsp3) is 0.353. The average molecular weight is 319 g/mol. The Balaban J connectivity index is 1.85. The van der Waals surface area contributed by atoms with E-state index in [4.69, 9.17) is 4.42 Å². The minimum atomic E-state index is -0.785. The molecule has 1 aromatic carbocycles. The summed E-state index contributed by atoms with van der Waals surface area (Å²) in [6, 6.07) is 10.1. The molecular formula is C17H22FN3O2. The molecular weight excluding hydrogens is 297 g/mol. The summed E-state index contributed by atoms with van der Waals surface area (Å²) in [4.78, 5) is 4.31. The molecule has 0 saturated carbocycles. The van der Waals surface area contributed by atoms with Gasteiger partial charge in [0.15, 0.2) is 5.96 Å². The SMILES string of the molecule is CCNC(=NCC(O)c1ccco1)NCCc1ccccc1F. The largest absolute Gasteiger partial charge is 0.467 e. The highest BCUT2D eigenvalue weighted by Crippen LogP contribution is 2.12. The molecule has 0 fully saturated rings. The van der Waals surface area contributed by atoms with E-state index in [-0.39, 0.29) is 12.4 Å². The Labute approximate surface area is 135 Å². The van der Waals surface area contributed by atoms with Crippen LogP contribution in [-0.4, -0.2) is 30.7 Å². The van der Waals surface area contributed by atoms with E-state index in [9.17, 15) is 9.50 Å². The van der Waals surface area contributed by atoms with Gasteiger partial charge in [-0.05, 0) is 37.1 Å². The first-order chi connectivity index (χ1) is 11.2. The van der Waals surface area contributed by atoms with Gasteiger partial charge in [0.25, 0.3) is 0 Å². The molecule has 0 radical (unpaired) electrons. The lowest BCUT2D eigenvalue weighted by Crippen LogP contribution is -2.38. The molecule has 0 saturated heterocycles. The maximum absolute atomic E-state index is 13.6. The van der Waals surface area contributed by atoms with E-state index in [1.54, 1.807) is 24.3 Å². The lowest BCUT2D eigenvalue weighted by atomic mass is 10.1. The zero-order chi connectivity index (χ0) is 16.5. The highest BCUT2D eigenvalue weighted by molar-refractivity contribution is 5.79. The minimum Gasteiger partial charge on any atom is -0.467 e. The van der Waals surface area contributed by atoms with E-state index in [1.807, 2.05) is 13.0 Å². The quantitative estimate of drug-likeness (QED) is 0.541. The molecule has 23 heavy (non-hydrogen) atoms. The molecule has 6 heteroatoms. The first-order valence-electron chi connectivity index (χ1n) is 7.67. The van der Waals surface area contributed by atoms with Gasteiger partial charge in [-0.1, -0.05) is 18.2 Å². The molecule has 1 heterocycles.